The van der Waals surface area contributed by atoms with Gasteiger partial charge in [-0.15, -0.1) is 0 Å². The SMILES string of the molecule is Cc1cc(CN2CCCC[C@H]2C)c(OCc2cccc(I)c2)cc1CCc1cccc(-c2ccccc2)c1C. The molecule has 1 saturated heterocycles. The minimum Gasteiger partial charge on any atom is -0.489 e. The van der Waals surface area contributed by atoms with Crippen LogP contribution in [0.3, 0.4) is 0 Å². The third-order valence-corrected chi connectivity index (χ3v) is 8.98. The molecule has 0 aliphatic carbocycles. The van der Waals surface area contributed by atoms with E-state index >= 15 is 0 Å². The lowest BCUT2D eigenvalue weighted by atomic mass is 9.92. The van der Waals surface area contributed by atoms with Gasteiger partial charge < -0.3 is 4.74 Å². The monoisotopic (exact) mass is 629 g/mol. The number of likely N-dealkylation sites (tertiary alicyclic amines) is 1. The van der Waals surface area contributed by atoms with Gasteiger partial charge in [0, 0.05) is 21.7 Å². The standard InChI is InChI=1S/C36H40INO/c1-26-21-33(24-38-20-8-7-11-27(38)2)36(39-25-29-12-9-16-34(37)22-29)23-32(26)19-18-30-15-10-17-35(28(30)3)31-13-5-4-6-14-31/h4-6,9-10,12-17,21-23,27H,7-8,11,18-20,24-25H2,1-3H3/t27-/m1/s1. The zero-order chi connectivity index (χ0) is 27.2. The van der Waals surface area contributed by atoms with Gasteiger partial charge in [0.2, 0.25) is 0 Å². The van der Waals surface area contributed by atoms with Crippen LogP contribution in [-0.4, -0.2) is 17.5 Å². The van der Waals surface area contributed by atoms with Crippen LogP contribution in [0.2, 0.25) is 0 Å². The van der Waals surface area contributed by atoms with E-state index in [0.29, 0.717) is 12.6 Å². The second kappa shape index (κ2) is 13.1. The summed E-state index contributed by atoms with van der Waals surface area (Å²) in [4.78, 5) is 2.63. The lowest BCUT2D eigenvalue weighted by molar-refractivity contribution is 0.150. The molecule has 5 rings (SSSR count). The van der Waals surface area contributed by atoms with Crippen molar-refractivity contribution in [2.24, 2.45) is 0 Å². The van der Waals surface area contributed by atoms with Gasteiger partial charge in [0.1, 0.15) is 12.4 Å². The molecule has 0 amide bonds. The molecule has 1 heterocycles. The summed E-state index contributed by atoms with van der Waals surface area (Å²) in [6.07, 6.45) is 5.95. The van der Waals surface area contributed by atoms with Crippen molar-refractivity contribution in [2.75, 3.05) is 6.54 Å². The van der Waals surface area contributed by atoms with Crippen LogP contribution in [0, 0.1) is 17.4 Å². The zero-order valence-corrected chi connectivity index (χ0v) is 25.7. The fourth-order valence-electron chi connectivity index (χ4n) is 5.87. The van der Waals surface area contributed by atoms with E-state index in [1.165, 1.54) is 73.9 Å². The van der Waals surface area contributed by atoms with Gasteiger partial charge in [-0.1, -0.05) is 73.2 Å². The molecule has 39 heavy (non-hydrogen) atoms. The van der Waals surface area contributed by atoms with Gasteiger partial charge in [-0.2, -0.15) is 0 Å². The Morgan fingerprint density at radius 3 is 2.41 bits per heavy atom. The van der Waals surface area contributed by atoms with Crippen LogP contribution in [0.1, 0.15) is 59.6 Å². The van der Waals surface area contributed by atoms with Crippen LogP contribution in [0.15, 0.2) is 84.9 Å². The molecule has 0 saturated carbocycles. The van der Waals surface area contributed by atoms with Gasteiger partial charge in [0.15, 0.2) is 0 Å². The number of piperidine rings is 1. The lowest BCUT2D eigenvalue weighted by Crippen LogP contribution is -2.36. The van der Waals surface area contributed by atoms with Gasteiger partial charge in [-0.05, 0) is 133 Å². The normalized spacial score (nSPS) is 15.8. The van der Waals surface area contributed by atoms with Crippen molar-refractivity contribution in [3.63, 3.8) is 0 Å². The number of aryl methyl sites for hydroxylation is 3. The van der Waals surface area contributed by atoms with E-state index in [2.05, 4.69) is 133 Å². The third-order valence-electron chi connectivity index (χ3n) is 8.31. The van der Waals surface area contributed by atoms with Gasteiger partial charge in [-0.25, -0.2) is 0 Å². The van der Waals surface area contributed by atoms with Crippen LogP contribution in [-0.2, 0) is 26.0 Å². The first-order chi connectivity index (χ1) is 19.0. The first kappa shape index (κ1) is 27.9. The topological polar surface area (TPSA) is 12.5 Å². The minimum absolute atomic E-state index is 0.597. The maximum atomic E-state index is 6.57. The Hall–Kier alpha value is -2.63. The highest BCUT2D eigenvalue weighted by atomic mass is 127. The van der Waals surface area contributed by atoms with Crippen molar-refractivity contribution in [1.82, 2.24) is 4.90 Å². The van der Waals surface area contributed by atoms with Crippen molar-refractivity contribution in [3.05, 3.63) is 122 Å². The van der Waals surface area contributed by atoms with Crippen LogP contribution >= 0.6 is 22.6 Å². The number of nitrogens with zero attached hydrogens (tertiary/aromatic N) is 1. The molecule has 202 valence electrons. The minimum atomic E-state index is 0.597. The molecular weight excluding hydrogens is 589 g/mol. The molecule has 0 aromatic heterocycles. The Labute approximate surface area is 248 Å². The molecular formula is C36H40INO. The van der Waals surface area contributed by atoms with Crippen molar-refractivity contribution in [2.45, 2.75) is 72.1 Å². The molecule has 0 N–H and O–H groups in total. The molecule has 0 bridgehead atoms. The van der Waals surface area contributed by atoms with Gasteiger partial charge in [0.05, 0.1) is 0 Å². The van der Waals surface area contributed by atoms with Crippen molar-refractivity contribution >= 4 is 22.6 Å². The quantitative estimate of drug-likeness (QED) is 0.171. The summed E-state index contributed by atoms with van der Waals surface area (Å²) in [5.74, 6) is 1.04. The molecule has 1 atom stereocenters. The van der Waals surface area contributed by atoms with Crippen LogP contribution in [0.25, 0.3) is 11.1 Å². The maximum absolute atomic E-state index is 6.57. The van der Waals surface area contributed by atoms with E-state index in [4.69, 9.17) is 4.74 Å². The first-order valence-corrected chi connectivity index (χ1v) is 15.4. The molecule has 4 aromatic carbocycles. The van der Waals surface area contributed by atoms with E-state index < -0.39 is 0 Å². The summed E-state index contributed by atoms with van der Waals surface area (Å²) in [6, 6.07) is 31.4. The summed E-state index contributed by atoms with van der Waals surface area (Å²) in [7, 11) is 0. The highest BCUT2D eigenvalue weighted by Crippen LogP contribution is 2.31. The Balaban J connectivity index is 1.39. The Morgan fingerprint density at radius 2 is 1.62 bits per heavy atom. The smallest absolute Gasteiger partial charge is 0.124 e. The van der Waals surface area contributed by atoms with Crippen molar-refractivity contribution < 1.29 is 4.74 Å². The number of benzene rings is 4. The predicted molar refractivity (Wildman–Crippen MR) is 172 cm³/mol. The molecule has 0 spiro atoms. The van der Waals surface area contributed by atoms with E-state index in [1.54, 1.807) is 0 Å². The Bertz CT molecular complexity index is 1400. The summed E-state index contributed by atoms with van der Waals surface area (Å²) in [5, 5.41) is 0. The zero-order valence-electron chi connectivity index (χ0n) is 23.6. The Morgan fingerprint density at radius 1 is 0.821 bits per heavy atom. The van der Waals surface area contributed by atoms with E-state index in [0.717, 1.165) is 25.1 Å². The van der Waals surface area contributed by atoms with Gasteiger partial charge >= 0.3 is 0 Å². The fourth-order valence-corrected chi connectivity index (χ4v) is 6.48. The second-order valence-electron chi connectivity index (χ2n) is 11.1. The molecule has 1 aliphatic rings. The maximum Gasteiger partial charge on any atom is 0.124 e. The molecule has 1 fully saturated rings. The molecule has 2 nitrogen and oxygen atoms in total. The Kier molecular flexibility index (Phi) is 9.41. The summed E-state index contributed by atoms with van der Waals surface area (Å²) < 4.78 is 7.82. The van der Waals surface area contributed by atoms with Crippen LogP contribution in [0.4, 0.5) is 0 Å². The predicted octanol–water partition coefficient (Wildman–Crippen LogP) is 9.31. The highest BCUT2D eigenvalue weighted by Gasteiger charge is 2.21. The molecule has 4 aromatic rings. The highest BCUT2D eigenvalue weighted by molar-refractivity contribution is 14.1. The molecule has 3 heteroatoms. The largest absolute Gasteiger partial charge is 0.489 e. The second-order valence-corrected chi connectivity index (χ2v) is 12.3. The molecule has 1 aliphatic heterocycles. The van der Waals surface area contributed by atoms with Crippen LogP contribution < -0.4 is 4.74 Å². The van der Waals surface area contributed by atoms with E-state index in [1.807, 2.05) is 0 Å². The summed E-state index contributed by atoms with van der Waals surface area (Å²) in [6.45, 7) is 9.65. The fraction of sp³-hybridized carbons (Fsp3) is 0.333. The number of hydrogen-bond donors (Lipinski definition) is 0. The van der Waals surface area contributed by atoms with Crippen LogP contribution in [0.5, 0.6) is 5.75 Å². The number of rotatable bonds is 9. The van der Waals surface area contributed by atoms with Crippen molar-refractivity contribution in [1.29, 1.82) is 0 Å². The number of halogens is 1. The first-order valence-electron chi connectivity index (χ1n) is 14.4. The average molecular weight is 630 g/mol. The lowest BCUT2D eigenvalue weighted by Gasteiger charge is -2.34. The number of hydrogen-bond acceptors (Lipinski definition) is 2. The van der Waals surface area contributed by atoms with E-state index in [9.17, 15) is 0 Å². The number of ether oxygens (including phenoxy) is 1. The molecule has 0 radical (unpaired) electrons. The average Bonchev–Trinajstić information content (AvgIpc) is 2.94. The summed E-state index contributed by atoms with van der Waals surface area (Å²) in [5.41, 5.74) is 10.7. The third kappa shape index (κ3) is 7.12. The summed E-state index contributed by atoms with van der Waals surface area (Å²) >= 11 is 2.38. The van der Waals surface area contributed by atoms with E-state index in [-0.39, 0.29) is 0 Å². The van der Waals surface area contributed by atoms with Crippen molar-refractivity contribution in [3.8, 4) is 16.9 Å². The van der Waals surface area contributed by atoms with Gasteiger partial charge in [-0.3, -0.25) is 4.90 Å². The molecule has 0 unspecified atom stereocenters. The van der Waals surface area contributed by atoms with Gasteiger partial charge in [0.25, 0.3) is 0 Å².